The van der Waals surface area contributed by atoms with E-state index in [0.717, 1.165) is 42.6 Å². The Balaban J connectivity index is 1.46. The number of carbonyl (C=O) groups is 1. The molecule has 0 unspecified atom stereocenters. The number of hydrogen-bond donors (Lipinski definition) is 1. The van der Waals surface area contributed by atoms with Crippen molar-refractivity contribution in [2.45, 2.75) is 25.2 Å². The van der Waals surface area contributed by atoms with E-state index in [-0.39, 0.29) is 17.6 Å². The van der Waals surface area contributed by atoms with Gasteiger partial charge < -0.3 is 10.2 Å². The number of amides is 1. The molecule has 0 saturated carbocycles. The molecule has 1 aromatic rings. The fraction of sp³-hybridized carbons (Fsp3) is 0.421. The maximum Gasteiger partial charge on any atom is 0.279 e. The lowest BCUT2D eigenvalue weighted by Crippen LogP contribution is -2.42. The number of hydrazone groups is 1. The third-order valence-corrected chi connectivity index (χ3v) is 5.74. The Bertz CT molecular complexity index is 840. The zero-order valence-corrected chi connectivity index (χ0v) is 15.2. The molecule has 3 aliphatic rings. The van der Waals surface area contributed by atoms with Crippen molar-refractivity contribution >= 4 is 29.9 Å². The van der Waals surface area contributed by atoms with E-state index in [2.05, 4.69) is 17.1 Å². The second-order valence-corrected chi connectivity index (χ2v) is 7.34. The molecule has 1 saturated heterocycles. The Hall–Kier alpha value is -2.05. The highest BCUT2D eigenvalue weighted by molar-refractivity contribution is 6.45. The normalized spacial score (nSPS) is 21.1. The molecule has 0 radical (unpaired) electrons. The van der Waals surface area contributed by atoms with Crippen molar-refractivity contribution in [1.82, 2.24) is 10.2 Å². The van der Waals surface area contributed by atoms with Gasteiger partial charge in [-0.2, -0.15) is 0 Å². The quantitative estimate of drug-likeness (QED) is 0.807. The van der Waals surface area contributed by atoms with E-state index >= 15 is 0 Å². The first kappa shape index (κ1) is 17.4. The summed E-state index contributed by atoms with van der Waals surface area (Å²) in [5, 5.41) is 8.24. The van der Waals surface area contributed by atoms with Crippen LogP contribution in [0.25, 0.3) is 0 Å². The van der Waals surface area contributed by atoms with Crippen LogP contribution >= 0.6 is 11.6 Å². The Labute approximate surface area is 156 Å². The van der Waals surface area contributed by atoms with E-state index in [1.807, 2.05) is 4.90 Å². The molecule has 3 heterocycles. The zero-order valence-electron chi connectivity index (χ0n) is 14.5. The molecule has 5 nitrogen and oxygen atoms in total. The van der Waals surface area contributed by atoms with Gasteiger partial charge in [-0.25, -0.2) is 4.39 Å². The molecule has 136 valence electrons. The highest BCUT2D eigenvalue weighted by atomic mass is 35.5. The number of nitrogens with one attached hydrogen (secondary N) is 1. The van der Waals surface area contributed by atoms with Crippen LogP contribution in [0.2, 0.25) is 5.02 Å². The van der Waals surface area contributed by atoms with Crippen LogP contribution in [0.15, 0.2) is 34.6 Å². The van der Waals surface area contributed by atoms with Crippen LogP contribution in [-0.2, 0) is 4.79 Å². The van der Waals surface area contributed by atoms with Crippen molar-refractivity contribution in [3.8, 4) is 0 Å². The molecule has 3 aliphatic heterocycles. The van der Waals surface area contributed by atoms with Gasteiger partial charge in [-0.05, 0) is 48.9 Å². The standard InChI is InChI=1S/C19H21ClFN4O/c1-24-17-11-22-7-4-14(17)18(23-24)19(26)25-8-5-12(6-9-25)15-10-13(21)2-3-16(15)20/h2-3,10,12,22H,1,4-9,11H2/q+1. The second-order valence-electron chi connectivity index (χ2n) is 6.93. The van der Waals surface area contributed by atoms with E-state index in [4.69, 9.17) is 11.6 Å². The molecule has 1 fully saturated rings. The number of hydrogen-bond acceptors (Lipinski definition) is 3. The van der Waals surface area contributed by atoms with Crippen molar-refractivity contribution in [3.63, 3.8) is 0 Å². The second kappa shape index (κ2) is 6.93. The van der Waals surface area contributed by atoms with E-state index < -0.39 is 0 Å². The number of carbonyl (C=O) groups excluding carboxylic acids is 1. The van der Waals surface area contributed by atoms with Gasteiger partial charge >= 0.3 is 0 Å². The van der Waals surface area contributed by atoms with Crippen molar-refractivity contribution in [2.75, 3.05) is 26.2 Å². The number of rotatable bonds is 2. The fourth-order valence-corrected chi connectivity index (χ4v) is 4.23. The minimum Gasteiger partial charge on any atom is -0.337 e. The van der Waals surface area contributed by atoms with Gasteiger partial charge in [-0.15, -0.1) is 0 Å². The van der Waals surface area contributed by atoms with E-state index in [1.165, 1.54) is 12.1 Å². The maximum atomic E-state index is 13.5. The Kier molecular flexibility index (Phi) is 4.63. The minimum atomic E-state index is -0.274. The van der Waals surface area contributed by atoms with Crippen molar-refractivity contribution in [1.29, 1.82) is 0 Å². The molecule has 0 aromatic heterocycles. The van der Waals surface area contributed by atoms with E-state index in [1.54, 1.807) is 10.8 Å². The topological polar surface area (TPSA) is 47.7 Å². The average molecular weight is 376 g/mol. The summed E-state index contributed by atoms with van der Waals surface area (Å²) in [5.41, 5.74) is 3.36. The van der Waals surface area contributed by atoms with Gasteiger partial charge in [-0.3, -0.25) is 4.79 Å². The highest BCUT2D eigenvalue weighted by Gasteiger charge is 2.39. The molecule has 26 heavy (non-hydrogen) atoms. The minimum absolute atomic E-state index is 0.0330. The van der Waals surface area contributed by atoms with Gasteiger partial charge in [0.05, 0.1) is 12.1 Å². The van der Waals surface area contributed by atoms with Crippen molar-refractivity contribution < 1.29 is 13.9 Å². The predicted octanol–water partition coefficient (Wildman–Crippen LogP) is 2.52. The van der Waals surface area contributed by atoms with Crippen LogP contribution in [0.1, 0.15) is 30.7 Å². The third-order valence-electron chi connectivity index (χ3n) is 5.39. The fourth-order valence-electron chi connectivity index (χ4n) is 3.96. The average Bonchev–Trinajstić information content (AvgIpc) is 3.00. The third kappa shape index (κ3) is 3.08. The van der Waals surface area contributed by atoms with Crippen LogP contribution in [0, 0.1) is 5.82 Å². The lowest BCUT2D eigenvalue weighted by Gasteiger charge is -2.32. The summed E-state index contributed by atoms with van der Waals surface area (Å²) in [6, 6.07) is 4.49. The first-order valence-corrected chi connectivity index (χ1v) is 9.29. The summed E-state index contributed by atoms with van der Waals surface area (Å²) in [4.78, 5) is 14.8. The number of halogens is 2. The van der Waals surface area contributed by atoms with Crippen LogP contribution in [-0.4, -0.2) is 54.1 Å². The molecule has 1 aromatic carbocycles. The van der Waals surface area contributed by atoms with Crippen molar-refractivity contribution in [2.24, 2.45) is 5.10 Å². The smallest absolute Gasteiger partial charge is 0.279 e. The van der Waals surface area contributed by atoms with Gasteiger partial charge in [0.1, 0.15) is 5.82 Å². The molecular weight excluding hydrogens is 355 g/mol. The number of benzene rings is 1. The van der Waals surface area contributed by atoms with Gasteiger partial charge in [-0.1, -0.05) is 16.3 Å². The molecule has 1 amide bonds. The first-order chi connectivity index (χ1) is 12.5. The number of likely N-dealkylation sites (tertiary alicyclic amines) is 1. The highest BCUT2D eigenvalue weighted by Crippen LogP contribution is 2.34. The largest absolute Gasteiger partial charge is 0.337 e. The monoisotopic (exact) mass is 375 g/mol. The number of piperidine rings is 1. The van der Waals surface area contributed by atoms with Gasteiger partial charge in [0, 0.05) is 29.8 Å². The Morgan fingerprint density at radius 3 is 2.92 bits per heavy atom. The SMILES string of the molecule is C=[N+]1N=C(C(=O)N2CCC(c3cc(F)ccc3Cl)CC2)C2=C1CNCC2. The molecule has 1 N–H and O–H groups in total. The predicted molar refractivity (Wildman–Crippen MR) is 99.3 cm³/mol. The molecular formula is C19H21ClFN4O+. The molecule has 0 bridgehead atoms. The van der Waals surface area contributed by atoms with Gasteiger partial charge in [0.25, 0.3) is 5.91 Å². The summed E-state index contributed by atoms with van der Waals surface area (Å²) in [7, 11) is 0. The maximum absolute atomic E-state index is 13.5. The lowest BCUT2D eigenvalue weighted by molar-refractivity contribution is -0.470. The van der Waals surface area contributed by atoms with Gasteiger partial charge in [0.2, 0.25) is 11.4 Å². The van der Waals surface area contributed by atoms with E-state index in [0.29, 0.717) is 30.4 Å². The summed E-state index contributed by atoms with van der Waals surface area (Å²) < 4.78 is 15.1. The molecule has 0 atom stereocenters. The zero-order chi connectivity index (χ0) is 18.3. The summed E-state index contributed by atoms with van der Waals surface area (Å²) in [6.45, 7) is 6.67. The molecule has 7 heteroatoms. The lowest BCUT2D eigenvalue weighted by atomic mass is 9.89. The number of nitrogens with zero attached hydrogens (tertiary/aromatic N) is 3. The van der Waals surface area contributed by atoms with Crippen LogP contribution in [0.3, 0.4) is 0 Å². The molecule has 0 spiro atoms. The van der Waals surface area contributed by atoms with E-state index in [9.17, 15) is 9.18 Å². The summed E-state index contributed by atoms with van der Waals surface area (Å²) in [6.07, 6.45) is 2.33. The van der Waals surface area contributed by atoms with Gasteiger partial charge in [0.15, 0.2) is 6.72 Å². The van der Waals surface area contributed by atoms with Crippen molar-refractivity contribution in [3.05, 3.63) is 45.9 Å². The summed E-state index contributed by atoms with van der Waals surface area (Å²) >= 11 is 6.23. The Morgan fingerprint density at radius 1 is 1.38 bits per heavy atom. The van der Waals surface area contributed by atoms with Crippen LogP contribution in [0.5, 0.6) is 0 Å². The molecule has 0 aliphatic carbocycles. The van der Waals surface area contributed by atoms with Crippen LogP contribution < -0.4 is 5.32 Å². The summed E-state index contributed by atoms with van der Waals surface area (Å²) in [5.74, 6) is -0.135. The first-order valence-electron chi connectivity index (χ1n) is 8.91. The Morgan fingerprint density at radius 2 is 2.15 bits per heavy atom. The van der Waals surface area contributed by atoms with Crippen LogP contribution in [0.4, 0.5) is 4.39 Å². The molecule has 4 rings (SSSR count).